The van der Waals surface area contributed by atoms with Gasteiger partial charge in [-0.1, -0.05) is 23.2 Å². The number of aromatic hydroxyl groups is 1. The van der Waals surface area contributed by atoms with Crippen molar-refractivity contribution in [2.75, 3.05) is 14.2 Å². The van der Waals surface area contributed by atoms with Gasteiger partial charge >= 0.3 is 11.7 Å². The van der Waals surface area contributed by atoms with Gasteiger partial charge in [0.05, 0.1) is 34.7 Å². The van der Waals surface area contributed by atoms with Crippen LogP contribution in [-0.2, 0) is 6.18 Å². The van der Waals surface area contributed by atoms with Crippen LogP contribution in [0.1, 0.15) is 16.8 Å². The molecule has 0 amide bonds. The molecule has 0 saturated carbocycles. The first-order valence-electron chi connectivity index (χ1n) is 9.54. The van der Waals surface area contributed by atoms with Crippen molar-refractivity contribution in [3.05, 3.63) is 51.1 Å². The third-order valence-corrected chi connectivity index (χ3v) is 5.92. The molecule has 0 aliphatic heterocycles. The third kappa shape index (κ3) is 6.17. The van der Waals surface area contributed by atoms with Crippen LogP contribution in [0.15, 0.2) is 34.2 Å². The summed E-state index contributed by atoms with van der Waals surface area (Å²) in [6, 6.07) is 5.08. The van der Waals surface area contributed by atoms with Crippen molar-refractivity contribution in [1.29, 1.82) is 5.26 Å². The molecular formula is C21H12Cl2F6N4O3S. The van der Waals surface area contributed by atoms with E-state index in [0.717, 1.165) is 6.21 Å². The molecule has 37 heavy (non-hydrogen) atoms. The number of methoxy groups -OCH3 is 2. The van der Waals surface area contributed by atoms with Gasteiger partial charge < -0.3 is 14.6 Å². The second-order valence-electron chi connectivity index (χ2n) is 6.89. The van der Waals surface area contributed by atoms with Gasteiger partial charge in [-0.25, -0.2) is 9.67 Å². The quantitative estimate of drug-likeness (QED) is 0.188. The van der Waals surface area contributed by atoms with Gasteiger partial charge in [0.15, 0.2) is 23.0 Å². The van der Waals surface area contributed by atoms with E-state index in [2.05, 4.69) is 10.1 Å². The fraction of sp³-hybridized carbons (Fsp3) is 0.190. The molecule has 7 nitrogen and oxygen atoms in total. The van der Waals surface area contributed by atoms with Crippen LogP contribution in [0.3, 0.4) is 0 Å². The van der Waals surface area contributed by atoms with Gasteiger partial charge in [-0.2, -0.15) is 36.7 Å². The minimum Gasteiger partial charge on any atom is -0.502 e. The lowest BCUT2D eigenvalue weighted by molar-refractivity contribution is -0.137. The number of hydrogen-bond acceptors (Lipinski definition) is 7. The van der Waals surface area contributed by atoms with E-state index in [1.807, 2.05) is 0 Å². The minimum atomic E-state index is -4.89. The van der Waals surface area contributed by atoms with Gasteiger partial charge in [0, 0.05) is 11.8 Å². The van der Waals surface area contributed by atoms with Crippen LogP contribution < -0.4 is 9.47 Å². The highest BCUT2D eigenvalue weighted by Crippen LogP contribution is 2.46. The lowest BCUT2D eigenvalue weighted by Gasteiger charge is -2.14. The third-order valence-electron chi connectivity index (χ3n) is 4.54. The molecule has 0 fully saturated rings. The minimum absolute atomic E-state index is 0.0502. The Bertz CT molecular complexity index is 1370. The lowest BCUT2D eigenvalue weighted by atomic mass is 10.2. The van der Waals surface area contributed by atoms with Crippen molar-refractivity contribution >= 4 is 47.0 Å². The van der Waals surface area contributed by atoms with E-state index in [1.54, 1.807) is 0 Å². The van der Waals surface area contributed by atoms with Crippen molar-refractivity contribution in [3.8, 4) is 29.0 Å². The molecular weight excluding hydrogens is 573 g/mol. The Hall–Kier alpha value is -3.28. The molecule has 0 aliphatic carbocycles. The topological polar surface area (TPSA) is 92.7 Å². The standard InChI is InChI=1S/C21H12Cl2F6N4O3S/c1-35-14-3-9(4-15(36-2)17(14)34)8-31-19-18(37-21(27,28)29)13(7-30)32-33(19)16-11(22)5-10(6-12(16)23)20(24,25)26/h3-6,8,34H,1-2H3. The van der Waals surface area contributed by atoms with Crippen molar-refractivity contribution in [2.45, 2.75) is 16.6 Å². The molecule has 1 heterocycles. The molecule has 0 aliphatic rings. The zero-order valence-electron chi connectivity index (χ0n) is 18.4. The molecule has 16 heteroatoms. The molecule has 196 valence electrons. The summed E-state index contributed by atoms with van der Waals surface area (Å²) in [5, 5.41) is 22.0. The van der Waals surface area contributed by atoms with Crippen molar-refractivity contribution < 1.29 is 40.9 Å². The lowest BCUT2D eigenvalue weighted by Crippen LogP contribution is -2.07. The number of phenols is 1. The van der Waals surface area contributed by atoms with Crippen molar-refractivity contribution in [3.63, 3.8) is 0 Å². The van der Waals surface area contributed by atoms with Crippen LogP contribution in [-0.4, -0.2) is 40.8 Å². The van der Waals surface area contributed by atoms with E-state index in [0.29, 0.717) is 16.8 Å². The summed E-state index contributed by atoms with van der Waals surface area (Å²) in [4.78, 5) is 3.26. The summed E-state index contributed by atoms with van der Waals surface area (Å²) in [6.45, 7) is 0. The maximum Gasteiger partial charge on any atom is 0.446 e. The number of halogens is 8. The van der Waals surface area contributed by atoms with Gasteiger partial charge in [-0.05, 0) is 36.0 Å². The zero-order chi connectivity index (χ0) is 27.7. The molecule has 3 rings (SSSR count). The summed E-state index contributed by atoms with van der Waals surface area (Å²) in [7, 11) is 2.49. The smallest absolute Gasteiger partial charge is 0.446 e. The predicted octanol–water partition coefficient (Wildman–Crippen LogP) is 7.15. The summed E-state index contributed by atoms with van der Waals surface area (Å²) < 4.78 is 90.1. The highest BCUT2D eigenvalue weighted by molar-refractivity contribution is 8.00. The number of phenolic OH excluding ortho intramolecular Hbond substituents is 1. The Balaban J connectivity index is 2.29. The summed E-state index contributed by atoms with van der Waals surface area (Å²) in [5.41, 5.74) is -7.10. The van der Waals surface area contributed by atoms with Crippen LogP contribution in [0.2, 0.25) is 10.0 Å². The summed E-state index contributed by atoms with van der Waals surface area (Å²) in [6.07, 6.45) is -3.78. The summed E-state index contributed by atoms with van der Waals surface area (Å²) >= 11 is 11.3. The van der Waals surface area contributed by atoms with Gasteiger partial charge in [0.25, 0.3) is 0 Å². The zero-order valence-corrected chi connectivity index (χ0v) is 20.7. The van der Waals surface area contributed by atoms with Crippen LogP contribution in [0, 0.1) is 11.3 Å². The molecule has 0 unspecified atom stereocenters. The van der Waals surface area contributed by atoms with Crippen LogP contribution in [0.4, 0.5) is 32.2 Å². The van der Waals surface area contributed by atoms with Gasteiger partial charge in [-0.15, -0.1) is 0 Å². The normalized spacial score (nSPS) is 12.1. The Morgan fingerprint density at radius 2 is 1.59 bits per heavy atom. The van der Waals surface area contributed by atoms with Crippen molar-refractivity contribution in [1.82, 2.24) is 9.78 Å². The highest BCUT2D eigenvalue weighted by atomic mass is 35.5. The van der Waals surface area contributed by atoms with E-state index >= 15 is 0 Å². The number of nitrogens with zero attached hydrogens (tertiary/aromatic N) is 4. The first-order chi connectivity index (χ1) is 17.2. The predicted molar refractivity (Wildman–Crippen MR) is 124 cm³/mol. The van der Waals surface area contributed by atoms with Gasteiger partial charge in [-0.3, -0.25) is 0 Å². The second-order valence-corrected chi connectivity index (χ2v) is 8.78. The molecule has 0 atom stereocenters. The Morgan fingerprint density at radius 1 is 1.05 bits per heavy atom. The number of nitriles is 1. The molecule has 1 N–H and O–H groups in total. The first kappa shape index (κ1) is 28.3. The number of aliphatic imine (C=N–C) groups is 1. The van der Waals surface area contributed by atoms with Crippen LogP contribution >= 0.6 is 35.0 Å². The maximum atomic E-state index is 13.3. The average molecular weight is 585 g/mol. The number of ether oxygens (including phenoxy) is 2. The van der Waals surface area contributed by atoms with Gasteiger partial charge in [0.2, 0.25) is 5.75 Å². The highest BCUT2D eigenvalue weighted by Gasteiger charge is 2.36. The molecule has 3 aromatic rings. The van der Waals surface area contributed by atoms with Crippen LogP contribution in [0.5, 0.6) is 17.2 Å². The average Bonchev–Trinajstić information content (AvgIpc) is 3.12. The molecule has 0 spiro atoms. The SMILES string of the molecule is COc1cc(C=Nc2c(SC(F)(F)F)c(C#N)nn2-c2c(Cl)cc(C(F)(F)F)cc2Cl)cc(OC)c1O. The monoisotopic (exact) mass is 584 g/mol. The number of hydrogen-bond donors (Lipinski definition) is 1. The maximum absolute atomic E-state index is 13.3. The Labute approximate surface area is 218 Å². The van der Waals surface area contributed by atoms with E-state index in [-0.39, 0.29) is 22.8 Å². The molecule has 2 aromatic carbocycles. The number of thioether (sulfide) groups is 1. The number of benzene rings is 2. The number of aromatic nitrogens is 2. The van der Waals surface area contributed by atoms with Gasteiger partial charge in [0.1, 0.15) is 11.8 Å². The van der Waals surface area contributed by atoms with E-state index in [9.17, 15) is 36.7 Å². The fourth-order valence-corrected chi connectivity index (χ4v) is 4.29. The Morgan fingerprint density at radius 3 is 2.03 bits per heavy atom. The molecule has 0 saturated heterocycles. The van der Waals surface area contributed by atoms with Crippen molar-refractivity contribution in [2.24, 2.45) is 4.99 Å². The first-order valence-corrected chi connectivity index (χ1v) is 11.1. The number of alkyl halides is 6. The van der Waals surface area contributed by atoms with E-state index in [4.69, 9.17) is 32.7 Å². The van der Waals surface area contributed by atoms with E-state index in [1.165, 1.54) is 32.4 Å². The molecule has 1 aromatic heterocycles. The van der Waals surface area contributed by atoms with Crippen LogP contribution in [0.25, 0.3) is 5.69 Å². The van der Waals surface area contributed by atoms with E-state index < -0.39 is 61.1 Å². The Kier molecular flexibility index (Phi) is 8.11. The number of rotatable bonds is 6. The molecule has 0 bridgehead atoms. The largest absolute Gasteiger partial charge is 0.502 e. The summed E-state index contributed by atoms with van der Waals surface area (Å²) in [5.74, 6) is -1.06. The fourth-order valence-electron chi connectivity index (χ4n) is 3.00. The second kappa shape index (κ2) is 10.6. The molecule has 0 radical (unpaired) electrons.